The average Bonchev–Trinajstić information content (AvgIpc) is 2.82. The predicted molar refractivity (Wildman–Crippen MR) is 133 cm³/mol. The summed E-state index contributed by atoms with van der Waals surface area (Å²) >= 11 is 0. The Balaban J connectivity index is 1.64. The predicted octanol–water partition coefficient (Wildman–Crippen LogP) is 8.79. The third kappa shape index (κ3) is 2.96. The van der Waals surface area contributed by atoms with E-state index in [1.165, 1.54) is 32.7 Å². The molecule has 0 fully saturated rings. The number of ether oxygens (including phenoxy) is 2. The third-order valence-corrected chi connectivity index (χ3v) is 6.18. The van der Waals surface area contributed by atoms with Gasteiger partial charge in [-0.3, -0.25) is 0 Å². The van der Waals surface area contributed by atoms with Crippen LogP contribution in [-0.4, -0.2) is 0 Å². The van der Waals surface area contributed by atoms with Crippen molar-refractivity contribution in [3.8, 4) is 23.0 Å². The van der Waals surface area contributed by atoms with Gasteiger partial charge in [-0.1, -0.05) is 48.5 Å². The van der Waals surface area contributed by atoms with Crippen LogP contribution in [0.1, 0.15) is 11.1 Å². The second kappa shape index (κ2) is 7.28. The molecule has 0 saturated carbocycles. The van der Waals surface area contributed by atoms with Gasteiger partial charge in [-0.15, -0.1) is 0 Å². The van der Waals surface area contributed by atoms with E-state index in [9.17, 15) is 0 Å². The molecule has 0 aliphatic carbocycles. The molecular formula is C30H22O2. The van der Waals surface area contributed by atoms with E-state index in [1.807, 2.05) is 60.7 Å². The van der Waals surface area contributed by atoms with Crippen LogP contribution in [0.3, 0.4) is 0 Å². The van der Waals surface area contributed by atoms with Crippen LogP contribution in [0.5, 0.6) is 23.0 Å². The Morgan fingerprint density at radius 3 is 1.22 bits per heavy atom. The first-order valence-corrected chi connectivity index (χ1v) is 10.9. The van der Waals surface area contributed by atoms with Gasteiger partial charge >= 0.3 is 0 Å². The Morgan fingerprint density at radius 1 is 0.438 bits per heavy atom. The van der Waals surface area contributed by atoms with E-state index in [2.05, 4.69) is 50.2 Å². The van der Waals surface area contributed by atoms with Crippen LogP contribution in [0, 0.1) is 13.8 Å². The van der Waals surface area contributed by atoms with E-state index in [1.54, 1.807) is 0 Å². The number of para-hydroxylation sites is 2. The fraction of sp³-hybridized carbons (Fsp3) is 0.0667. The highest BCUT2D eigenvalue weighted by Crippen LogP contribution is 2.45. The van der Waals surface area contributed by atoms with E-state index >= 15 is 0 Å². The highest BCUT2D eigenvalue weighted by molar-refractivity contribution is 6.26. The lowest BCUT2D eigenvalue weighted by Crippen LogP contribution is -1.94. The molecule has 0 amide bonds. The summed E-state index contributed by atoms with van der Waals surface area (Å²) in [5.41, 5.74) is 2.40. The van der Waals surface area contributed by atoms with Crippen molar-refractivity contribution in [3.05, 3.63) is 108 Å². The Hall–Kier alpha value is -4.04. The molecule has 32 heavy (non-hydrogen) atoms. The van der Waals surface area contributed by atoms with E-state index < -0.39 is 0 Å². The average molecular weight is 415 g/mol. The minimum Gasteiger partial charge on any atom is -0.457 e. The van der Waals surface area contributed by atoms with E-state index in [4.69, 9.17) is 9.47 Å². The fourth-order valence-corrected chi connectivity index (χ4v) is 4.67. The molecule has 2 heteroatoms. The Labute approximate surface area is 187 Å². The summed E-state index contributed by atoms with van der Waals surface area (Å²) in [5.74, 6) is 3.43. The number of hydrogen-bond donors (Lipinski definition) is 0. The lowest BCUT2D eigenvalue weighted by Gasteiger charge is -2.19. The molecular weight excluding hydrogens is 392 g/mol. The van der Waals surface area contributed by atoms with Gasteiger partial charge in [-0.25, -0.2) is 0 Å². The summed E-state index contributed by atoms with van der Waals surface area (Å²) in [6, 6.07) is 33.0. The summed E-state index contributed by atoms with van der Waals surface area (Å²) < 4.78 is 12.7. The maximum absolute atomic E-state index is 6.34. The topological polar surface area (TPSA) is 18.5 Å². The van der Waals surface area contributed by atoms with Gasteiger partial charge in [-0.05, 0) is 84.3 Å². The van der Waals surface area contributed by atoms with Crippen LogP contribution in [0.2, 0.25) is 0 Å². The van der Waals surface area contributed by atoms with Crippen LogP contribution in [-0.2, 0) is 0 Å². The molecule has 6 rings (SSSR count). The summed E-state index contributed by atoms with van der Waals surface area (Å²) in [4.78, 5) is 0. The molecule has 2 nitrogen and oxygen atoms in total. The zero-order valence-electron chi connectivity index (χ0n) is 18.1. The molecule has 0 bridgehead atoms. The van der Waals surface area contributed by atoms with E-state index in [-0.39, 0.29) is 0 Å². The Morgan fingerprint density at radius 2 is 0.812 bits per heavy atom. The van der Waals surface area contributed by atoms with Crippen LogP contribution in [0.4, 0.5) is 0 Å². The monoisotopic (exact) mass is 414 g/mol. The number of rotatable bonds is 4. The zero-order valence-corrected chi connectivity index (χ0v) is 18.1. The quantitative estimate of drug-likeness (QED) is 0.268. The molecule has 0 unspecified atom stereocenters. The highest BCUT2D eigenvalue weighted by atomic mass is 16.5. The molecule has 0 radical (unpaired) electrons. The molecule has 6 aromatic carbocycles. The standard InChI is InChI=1S/C30H22O2/c1-19-17-27(31-21-9-5-3-6-10-21)25-15-16-26-28(32-22-11-7-4-8-12-22)18-20(2)24-14-13-23(19)29(25)30(24)26/h3-18H,1-2H3. The molecule has 0 N–H and O–H groups in total. The van der Waals surface area contributed by atoms with Gasteiger partial charge in [0, 0.05) is 21.5 Å². The van der Waals surface area contributed by atoms with Gasteiger partial charge in [0.05, 0.1) is 0 Å². The lowest BCUT2D eigenvalue weighted by molar-refractivity contribution is 0.487. The van der Waals surface area contributed by atoms with Crippen molar-refractivity contribution in [2.45, 2.75) is 13.8 Å². The van der Waals surface area contributed by atoms with Crippen molar-refractivity contribution in [2.24, 2.45) is 0 Å². The summed E-state index contributed by atoms with van der Waals surface area (Å²) in [7, 11) is 0. The van der Waals surface area contributed by atoms with Crippen molar-refractivity contribution in [2.75, 3.05) is 0 Å². The molecule has 0 saturated heterocycles. The molecule has 154 valence electrons. The van der Waals surface area contributed by atoms with Gasteiger partial charge in [-0.2, -0.15) is 0 Å². The first-order valence-electron chi connectivity index (χ1n) is 10.9. The maximum Gasteiger partial charge on any atom is 0.135 e. The lowest BCUT2D eigenvalue weighted by atomic mass is 9.89. The second-order valence-corrected chi connectivity index (χ2v) is 8.28. The van der Waals surface area contributed by atoms with E-state index in [0.717, 1.165) is 33.8 Å². The molecule has 6 aromatic rings. The fourth-order valence-electron chi connectivity index (χ4n) is 4.67. The van der Waals surface area contributed by atoms with Crippen molar-refractivity contribution in [3.63, 3.8) is 0 Å². The van der Waals surface area contributed by atoms with Gasteiger partial charge in [0.15, 0.2) is 0 Å². The number of hydrogen-bond acceptors (Lipinski definition) is 2. The molecule has 0 aliphatic rings. The molecule has 0 atom stereocenters. The van der Waals surface area contributed by atoms with Crippen LogP contribution in [0.25, 0.3) is 32.3 Å². The minimum absolute atomic E-state index is 0.839. The van der Waals surface area contributed by atoms with Gasteiger partial charge < -0.3 is 9.47 Å². The van der Waals surface area contributed by atoms with Crippen molar-refractivity contribution < 1.29 is 9.47 Å². The molecule has 0 aliphatic heterocycles. The minimum atomic E-state index is 0.839. The first kappa shape index (κ1) is 18.7. The molecule has 0 aromatic heterocycles. The van der Waals surface area contributed by atoms with Crippen molar-refractivity contribution in [1.29, 1.82) is 0 Å². The molecule has 0 heterocycles. The second-order valence-electron chi connectivity index (χ2n) is 8.28. The van der Waals surface area contributed by atoms with Gasteiger partial charge in [0.2, 0.25) is 0 Å². The third-order valence-electron chi connectivity index (χ3n) is 6.18. The number of aryl methyl sites for hydroxylation is 2. The highest BCUT2D eigenvalue weighted by Gasteiger charge is 2.18. The SMILES string of the molecule is Cc1cc(Oc2ccccc2)c2ccc3c(Oc4ccccc4)cc(C)c4ccc1c2c43. The van der Waals surface area contributed by atoms with Gasteiger partial charge in [0.25, 0.3) is 0 Å². The van der Waals surface area contributed by atoms with Crippen LogP contribution in [0.15, 0.2) is 97.1 Å². The first-order chi connectivity index (χ1) is 15.7. The van der Waals surface area contributed by atoms with Crippen LogP contribution >= 0.6 is 0 Å². The van der Waals surface area contributed by atoms with Gasteiger partial charge in [0.1, 0.15) is 23.0 Å². The van der Waals surface area contributed by atoms with Crippen molar-refractivity contribution >= 4 is 32.3 Å². The largest absolute Gasteiger partial charge is 0.457 e. The van der Waals surface area contributed by atoms with E-state index in [0.29, 0.717) is 0 Å². The smallest absolute Gasteiger partial charge is 0.135 e. The van der Waals surface area contributed by atoms with Crippen molar-refractivity contribution in [1.82, 2.24) is 0 Å². The normalized spacial score (nSPS) is 11.4. The Kier molecular flexibility index (Phi) is 4.26. The molecule has 0 spiro atoms. The maximum atomic E-state index is 6.34. The summed E-state index contributed by atoms with van der Waals surface area (Å²) in [6.07, 6.45) is 0. The Bertz CT molecular complexity index is 1450. The zero-order chi connectivity index (χ0) is 21.7. The summed E-state index contributed by atoms with van der Waals surface area (Å²) in [6.45, 7) is 4.30. The number of benzene rings is 6. The summed E-state index contributed by atoms with van der Waals surface area (Å²) in [5, 5.41) is 7.18. The van der Waals surface area contributed by atoms with Crippen LogP contribution < -0.4 is 9.47 Å².